The number of halogens is 1. The molecule has 27 heavy (non-hydrogen) atoms. The average molecular weight is 390 g/mol. The molecule has 0 spiro atoms. The van der Waals surface area contributed by atoms with Gasteiger partial charge in [-0.25, -0.2) is 4.79 Å². The van der Waals surface area contributed by atoms with E-state index in [1.807, 2.05) is 0 Å². The number of ketones is 1. The van der Waals surface area contributed by atoms with Gasteiger partial charge in [0.05, 0.1) is 5.69 Å². The summed E-state index contributed by atoms with van der Waals surface area (Å²) in [5.74, 6) is -1.01. The highest BCUT2D eigenvalue weighted by Gasteiger charge is 2.24. The van der Waals surface area contributed by atoms with Crippen molar-refractivity contribution in [3.63, 3.8) is 0 Å². The van der Waals surface area contributed by atoms with Crippen LogP contribution in [0.15, 0.2) is 48.5 Å². The summed E-state index contributed by atoms with van der Waals surface area (Å²) >= 11 is 5.87. The zero-order valence-corrected chi connectivity index (χ0v) is 15.9. The van der Waals surface area contributed by atoms with Gasteiger partial charge in [0.15, 0.2) is 18.0 Å². The number of ether oxygens (including phenoxy) is 2. The van der Waals surface area contributed by atoms with Crippen LogP contribution in [-0.4, -0.2) is 29.9 Å². The highest BCUT2D eigenvalue weighted by atomic mass is 35.5. The molecule has 2 unspecified atom stereocenters. The van der Waals surface area contributed by atoms with Gasteiger partial charge in [0, 0.05) is 10.6 Å². The molecule has 0 aromatic heterocycles. The molecule has 0 saturated heterocycles. The van der Waals surface area contributed by atoms with E-state index in [1.165, 1.54) is 20.8 Å². The molecule has 0 fully saturated rings. The molecule has 0 heterocycles. The van der Waals surface area contributed by atoms with Gasteiger partial charge in [0.25, 0.3) is 5.91 Å². The molecule has 1 amide bonds. The van der Waals surface area contributed by atoms with E-state index in [9.17, 15) is 14.4 Å². The van der Waals surface area contributed by atoms with Crippen LogP contribution in [0.5, 0.6) is 5.75 Å². The van der Waals surface area contributed by atoms with Crippen molar-refractivity contribution in [1.82, 2.24) is 0 Å². The van der Waals surface area contributed by atoms with Crippen LogP contribution in [0, 0.1) is 0 Å². The molecule has 0 saturated carbocycles. The number of esters is 1. The lowest BCUT2D eigenvalue weighted by Crippen LogP contribution is -2.35. The van der Waals surface area contributed by atoms with Crippen molar-refractivity contribution in [3.8, 4) is 5.75 Å². The van der Waals surface area contributed by atoms with E-state index in [0.29, 0.717) is 22.0 Å². The lowest BCUT2D eigenvalue weighted by Gasteiger charge is -2.18. The van der Waals surface area contributed by atoms with Crippen LogP contribution in [0.1, 0.15) is 31.1 Å². The second-order valence-electron chi connectivity index (χ2n) is 5.89. The normalized spacial score (nSPS) is 12.6. The Labute approximate surface area is 162 Å². The number of amides is 1. The summed E-state index contributed by atoms with van der Waals surface area (Å²) in [5.41, 5.74) is 0.739. The maximum Gasteiger partial charge on any atom is 0.347 e. The number of rotatable bonds is 7. The third-order valence-electron chi connectivity index (χ3n) is 3.67. The van der Waals surface area contributed by atoms with E-state index in [1.54, 1.807) is 48.5 Å². The zero-order chi connectivity index (χ0) is 20.0. The van der Waals surface area contributed by atoms with Crippen LogP contribution in [0.25, 0.3) is 0 Å². The molecule has 2 aromatic rings. The van der Waals surface area contributed by atoms with Gasteiger partial charge in [0.1, 0.15) is 5.75 Å². The number of carbonyl (C=O) groups excluding carboxylic acids is 3. The van der Waals surface area contributed by atoms with Crippen LogP contribution in [0.2, 0.25) is 5.02 Å². The minimum atomic E-state index is -1.07. The van der Waals surface area contributed by atoms with E-state index in [0.717, 1.165) is 0 Å². The molecule has 2 atom stereocenters. The summed E-state index contributed by atoms with van der Waals surface area (Å²) in [5, 5.41) is 3.07. The van der Waals surface area contributed by atoms with E-state index in [-0.39, 0.29) is 5.78 Å². The van der Waals surface area contributed by atoms with Gasteiger partial charge < -0.3 is 14.8 Å². The average Bonchev–Trinajstić information content (AvgIpc) is 2.61. The van der Waals surface area contributed by atoms with Crippen molar-refractivity contribution in [2.75, 3.05) is 5.32 Å². The minimum absolute atomic E-state index is 0.181. The molecule has 0 aliphatic rings. The number of carbonyl (C=O) groups is 3. The van der Waals surface area contributed by atoms with E-state index in [2.05, 4.69) is 5.32 Å². The number of nitrogens with one attached hydrogen (secondary N) is 1. The molecule has 2 aromatic carbocycles. The van der Waals surface area contributed by atoms with Crippen molar-refractivity contribution in [2.24, 2.45) is 0 Å². The largest absolute Gasteiger partial charge is 0.479 e. The highest BCUT2D eigenvalue weighted by molar-refractivity contribution is 6.30. The molecule has 1 N–H and O–H groups in total. The first-order valence-corrected chi connectivity index (χ1v) is 8.69. The number of hydrogen-bond donors (Lipinski definition) is 1. The monoisotopic (exact) mass is 389 g/mol. The topological polar surface area (TPSA) is 81.7 Å². The first kappa shape index (κ1) is 20.5. The molecular weight excluding hydrogens is 370 g/mol. The van der Waals surface area contributed by atoms with Gasteiger partial charge in [-0.3, -0.25) is 9.59 Å². The summed E-state index contributed by atoms with van der Waals surface area (Å²) in [7, 11) is 0. The van der Waals surface area contributed by atoms with Crippen LogP contribution < -0.4 is 10.1 Å². The molecular formula is C20H20ClNO5. The number of hydrogen-bond acceptors (Lipinski definition) is 5. The Morgan fingerprint density at radius 2 is 1.70 bits per heavy atom. The maximum atomic E-state index is 12.3. The SMILES string of the molecule is CC(=O)c1ccccc1NC(=O)C(C)OC(=O)C(C)Oc1cccc(Cl)c1. The van der Waals surface area contributed by atoms with Gasteiger partial charge in [-0.1, -0.05) is 29.8 Å². The molecule has 6 nitrogen and oxygen atoms in total. The fourth-order valence-electron chi connectivity index (χ4n) is 2.25. The maximum absolute atomic E-state index is 12.3. The number of para-hydroxylation sites is 1. The lowest BCUT2D eigenvalue weighted by molar-refractivity contribution is -0.159. The van der Waals surface area contributed by atoms with Crippen molar-refractivity contribution in [2.45, 2.75) is 33.0 Å². The van der Waals surface area contributed by atoms with Gasteiger partial charge in [-0.05, 0) is 51.1 Å². The molecule has 0 radical (unpaired) electrons. The van der Waals surface area contributed by atoms with Crippen molar-refractivity contribution < 1.29 is 23.9 Å². The number of anilines is 1. The zero-order valence-electron chi connectivity index (χ0n) is 15.2. The lowest BCUT2D eigenvalue weighted by atomic mass is 10.1. The Balaban J connectivity index is 1.95. The fourth-order valence-corrected chi connectivity index (χ4v) is 2.43. The van der Waals surface area contributed by atoms with Crippen molar-refractivity contribution in [1.29, 1.82) is 0 Å². The van der Waals surface area contributed by atoms with Crippen molar-refractivity contribution in [3.05, 3.63) is 59.1 Å². The molecule has 0 aliphatic carbocycles. The highest BCUT2D eigenvalue weighted by Crippen LogP contribution is 2.19. The molecule has 0 aliphatic heterocycles. The summed E-state index contributed by atoms with van der Waals surface area (Å²) in [6.45, 7) is 4.36. The second kappa shape index (κ2) is 9.19. The van der Waals surface area contributed by atoms with Gasteiger partial charge in [-0.15, -0.1) is 0 Å². The fraction of sp³-hybridized carbons (Fsp3) is 0.250. The first-order chi connectivity index (χ1) is 12.8. The number of benzene rings is 2. The number of Topliss-reactive ketones (excluding diaryl/α,β-unsaturated/α-hetero) is 1. The second-order valence-corrected chi connectivity index (χ2v) is 6.32. The minimum Gasteiger partial charge on any atom is -0.479 e. The Bertz CT molecular complexity index is 852. The Morgan fingerprint density at radius 3 is 2.37 bits per heavy atom. The summed E-state index contributed by atoms with van der Waals surface area (Å²) in [6.07, 6.45) is -1.99. The Kier molecular flexibility index (Phi) is 6.96. The van der Waals surface area contributed by atoms with Crippen LogP contribution in [0.3, 0.4) is 0 Å². The first-order valence-electron chi connectivity index (χ1n) is 8.31. The van der Waals surface area contributed by atoms with Crippen molar-refractivity contribution >= 4 is 34.9 Å². The van der Waals surface area contributed by atoms with E-state index in [4.69, 9.17) is 21.1 Å². The molecule has 142 valence electrons. The third kappa shape index (κ3) is 5.82. The smallest absolute Gasteiger partial charge is 0.347 e. The molecule has 2 rings (SSSR count). The van der Waals surface area contributed by atoms with Gasteiger partial charge in [-0.2, -0.15) is 0 Å². The summed E-state index contributed by atoms with van der Waals surface area (Å²) < 4.78 is 10.6. The molecule has 0 bridgehead atoms. The Morgan fingerprint density at radius 1 is 1.00 bits per heavy atom. The Hall–Kier alpha value is -2.86. The predicted octanol–water partition coefficient (Wildman–Crippen LogP) is 3.88. The summed E-state index contributed by atoms with van der Waals surface area (Å²) in [4.78, 5) is 36.1. The van der Waals surface area contributed by atoms with E-state index >= 15 is 0 Å². The van der Waals surface area contributed by atoms with Crippen LogP contribution in [-0.2, 0) is 14.3 Å². The summed E-state index contributed by atoms with van der Waals surface area (Å²) in [6, 6.07) is 13.2. The third-order valence-corrected chi connectivity index (χ3v) is 3.90. The van der Waals surface area contributed by atoms with Crippen LogP contribution in [0.4, 0.5) is 5.69 Å². The predicted molar refractivity (Wildman–Crippen MR) is 102 cm³/mol. The van der Waals surface area contributed by atoms with Gasteiger partial charge >= 0.3 is 5.97 Å². The van der Waals surface area contributed by atoms with E-state index < -0.39 is 24.1 Å². The standard InChI is InChI=1S/C20H20ClNO5/c1-12(23)17-9-4-5-10-18(17)22-19(24)13(2)27-20(25)14(3)26-16-8-6-7-15(21)11-16/h4-11,13-14H,1-3H3,(H,22,24). The van der Waals surface area contributed by atoms with Crippen LogP contribution >= 0.6 is 11.6 Å². The molecule has 7 heteroatoms. The quantitative estimate of drug-likeness (QED) is 0.574. The van der Waals surface area contributed by atoms with Gasteiger partial charge in [0.2, 0.25) is 0 Å².